The number of rotatable bonds is 6. The molecule has 0 aromatic carbocycles. The van der Waals surface area contributed by atoms with Gasteiger partial charge in [-0.05, 0) is 31.9 Å². The summed E-state index contributed by atoms with van der Waals surface area (Å²) in [4.78, 5) is 15.9. The van der Waals surface area contributed by atoms with E-state index in [0.29, 0.717) is 0 Å². The Labute approximate surface area is 131 Å². The molecule has 1 aromatic rings. The van der Waals surface area contributed by atoms with Gasteiger partial charge in [-0.3, -0.25) is 4.79 Å². The van der Waals surface area contributed by atoms with E-state index in [2.05, 4.69) is 10.3 Å². The number of alkyl halides is 3. The molecule has 0 saturated heterocycles. The van der Waals surface area contributed by atoms with Gasteiger partial charge < -0.3 is 15.2 Å². The number of aliphatic hydroxyl groups is 1. The number of aromatic nitrogens is 1. The number of hydrogen-bond donors (Lipinski definition) is 2. The molecule has 1 aromatic heterocycles. The molecule has 1 unspecified atom stereocenters. The Balaban J connectivity index is 2.05. The van der Waals surface area contributed by atoms with Gasteiger partial charge in [0.25, 0.3) is 5.91 Å². The minimum Gasteiger partial charge on any atom is -0.464 e. The van der Waals surface area contributed by atoms with Crippen molar-refractivity contribution in [3.8, 4) is 5.88 Å². The van der Waals surface area contributed by atoms with Gasteiger partial charge in [0.15, 0.2) is 6.10 Å². The lowest BCUT2D eigenvalue weighted by atomic mass is 9.69. The summed E-state index contributed by atoms with van der Waals surface area (Å²) in [5.41, 5.74) is -0.381. The van der Waals surface area contributed by atoms with Gasteiger partial charge in [-0.25, -0.2) is 4.98 Å². The minimum absolute atomic E-state index is 0.0330. The first kappa shape index (κ1) is 17.5. The van der Waals surface area contributed by atoms with E-state index in [1.807, 2.05) is 0 Å². The van der Waals surface area contributed by atoms with Gasteiger partial charge in [0.1, 0.15) is 5.56 Å². The monoisotopic (exact) mass is 332 g/mol. The van der Waals surface area contributed by atoms with Crippen molar-refractivity contribution in [2.45, 2.75) is 38.5 Å². The van der Waals surface area contributed by atoms with Crippen LogP contribution in [-0.4, -0.2) is 41.4 Å². The van der Waals surface area contributed by atoms with Crippen molar-refractivity contribution in [1.82, 2.24) is 10.3 Å². The number of halogens is 3. The first-order valence-corrected chi connectivity index (χ1v) is 7.35. The lowest BCUT2D eigenvalue weighted by Crippen LogP contribution is -2.44. The summed E-state index contributed by atoms with van der Waals surface area (Å²) in [5, 5.41) is 12.0. The zero-order valence-corrected chi connectivity index (χ0v) is 12.7. The molecule has 1 atom stereocenters. The summed E-state index contributed by atoms with van der Waals surface area (Å²) in [6, 6.07) is 2.80. The Morgan fingerprint density at radius 1 is 1.52 bits per heavy atom. The molecule has 2 N–H and O–H groups in total. The molecule has 1 saturated carbocycles. The molecule has 5 nitrogen and oxygen atoms in total. The average molecular weight is 332 g/mol. The predicted molar refractivity (Wildman–Crippen MR) is 76.1 cm³/mol. The maximum Gasteiger partial charge on any atom is 0.425 e. The second kappa shape index (κ2) is 6.74. The van der Waals surface area contributed by atoms with Gasteiger partial charge in [0.2, 0.25) is 5.88 Å². The smallest absolute Gasteiger partial charge is 0.425 e. The van der Waals surface area contributed by atoms with Crippen molar-refractivity contribution < 1.29 is 27.8 Å². The number of ether oxygens (including phenoxy) is 1. The number of aliphatic hydroxyl groups excluding tert-OH is 1. The lowest BCUT2D eigenvalue weighted by Gasteiger charge is -2.40. The van der Waals surface area contributed by atoms with E-state index in [-0.39, 0.29) is 30.0 Å². The number of carbonyl (C=O) groups excluding carboxylic acids is 1. The van der Waals surface area contributed by atoms with Gasteiger partial charge in [0, 0.05) is 18.2 Å². The van der Waals surface area contributed by atoms with E-state index in [9.17, 15) is 23.1 Å². The van der Waals surface area contributed by atoms with Crippen LogP contribution < -0.4 is 10.1 Å². The SMILES string of the molecule is CC(Oc1ncccc1C(=O)NCC1(CO)CCC1)C(F)(F)F. The Bertz CT molecular complexity index is 554. The highest BCUT2D eigenvalue weighted by Crippen LogP contribution is 2.39. The highest BCUT2D eigenvalue weighted by atomic mass is 19.4. The number of hydrogen-bond acceptors (Lipinski definition) is 4. The second-order valence-electron chi connectivity index (χ2n) is 5.85. The maximum absolute atomic E-state index is 12.6. The molecule has 23 heavy (non-hydrogen) atoms. The van der Waals surface area contributed by atoms with Gasteiger partial charge in [-0.2, -0.15) is 13.2 Å². The normalized spacial score (nSPS) is 18.0. The molecule has 0 aliphatic heterocycles. The van der Waals surface area contributed by atoms with E-state index in [0.717, 1.165) is 26.2 Å². The Morgan fingerprint density at radius 3 is 2.74 bits per heavy atom. The number of nitrogens with one attached hydrogen (secondary N) is 1. The number of nitrogens with zero attached hydrogens (tertiary/aromatic N) is 1. The zero-order valence-electron chi connectivity index (χ0n) is 12.7. The van der Waals surface area contributed by atoms with Crippen molar-refractivity contribution in [3.05, 3.63) is 23.9 Å². The standard InChI is InChI=1S/C15H19F3N2O3/c1-10(15(16,17)18)23-13-11(4-2-7-19-13)12(22)20-8-14(9-21)5-3-6-14/h2,4,7,10,21H,3,5-6,8-9H2,1H3,(H,20,22). The van der Waals surface area contributed by atoms with Crippen LogP contribution in [0.25, 0.3) is 0 Å². The van der Waals surface area contributed by atoms with Crippen molar-refractivity contribution in [2.24, 2.45) is 5.41 Å². The fraction of sp³-hybridized carbons (Fsp3) is 0.600. The van der Waals surface area contributed by atoms with Gasteiger partial charge in [-0.1, -0.05) is 6.42 Å². The third kappa shape index (κ3) is 4.13. The highest BCUT2D eigenvalue weighted by Gasteiger charge is 2.39. The Morgan fingerprint density at radius 2 is 2.22 bits per heavy atom. The molecule has 128 valence electrons. The van der Waals surface area contributed by atoms with Crippen LogP contribution in [0.3, 0.4) is 0 Å². The van der Waals surface area contributed by atoms with Crippen molar-refractivity contribution in [3.63, 3.8) is 0 Å². The quantitative estimate of drug-likeness (QED) is 0.838. The first-order valence-electron chi connectivity index (χ1n) is 7.35. The van der Waals surface area contributed by atoms with Crippen molar-refractivity contribution >= 4 is 5.91 Å². The van der Waals surface area contributed by atoms with Crippen molar-refractivity contribution in [1.29, 1.82) is 0 Å². The van der Waals surface area contributed by atoms with Crippen LogP contribution in [0, 0.1) is 5.41 Å². The molecule has 1 amide bonds. The number of amides is 1. The van der Waals surface area contributed by atoms with Crippen molar-refractivity contribution in [2.75, 3.05) is 13.2 Å². The summed E-state index contributed by atoms with van der Waals surface area (Å²) in [5.74, 6) is -0.927. The third-order valence-electron chi connectivity index (χ3n) is 4.14. The third-order valence-corrected chi connectivity index (χ3v) is 4.14. The fourth-order valence-corrected chi connectivity index (χ4v) is 2.32. The van der Waals surface area contributed by atoms with E-state index in [4.69, 9.17) is 4.74 Å². The summed E-state index contributed by atoms with van der Waals surface area (Å²) in [7, 11) is 0. The largest absolute Gasteiger partial charge is 0.464 e. The molecule has 1 aliphatic carbocycles. The molecule has 0 bridgehead atoms. The van der Waals surface area contributed by atoms with Gasteiger partial charge in [-0.15, -0.1) is 0 Å². The van der Waals surface area contributed by atoms with E-state index >= 15 is 0 Å². The molecule has 1 fully saturated rings. The van der Waals surface area contributed by atoms with E-state index in [1.54, 1.807) is 0 Å². The van der Waals surface area contributed by atoms with Crippen LogP contribution in [0.15, 0.2) is 18.3 Å². The zero-order chi connectivity index (χ0) is 17.1. The number of carbonyl (C=O) groups is 1. The highest BCUT2D eigenvalue weighted by molar-refractivity contribution is 5.96. The molecular formula is C15H19F3N2O3. The van der Waals surface area contributed by atoms with Crippen LogP contribution >= 0.6 is 0 Å². The Hall–Kier alpha value is -1.83. The van der Waals surface area contributed by atoms with Crippen LogP contribution in [0.1, 0.15) is 36.5 Å². The topological polar surface area (TPSA) is 71.5 Å². The first-order chi connectivity index (χ1) is 10.8. The van der Waals surface area contributed by atoms with E-state index in [1.165, 1.54) is 18.3 Å². The summed E-state index contributed by atoms with van der Waals surface area (Å²) in [6.45, 7) is 1.09. The van der Waals surface area contributed by atoms with Gasteiger partial charge >= 0.3 is 6.18 Å². The molecule has 8 heteroatoms. The van der Waals surface area contributed by atoms with Gasteiger partial charge in [0.05, 0.1) is 6.61 Å². The predicted octanol–water partition coefficient (Wildman–Crippen LogP) is 2.30. The number of pyridine rings is 1. The molecule has 0 radical (unpaired) electrons. The average Bonchev–Trinajstić information content (AvgIpc) is 2.46. The molecule has 1 aliphatic rings. The molecule has 1 heterocycles. The molecular weight excluding hydrogens is 313 g/mol. The summed E-state index contributed by atoms with van der Waals surface area (Å²) in [6.07, 6.45) is -2.74. The minimum atomic E-state index is -4.54. The maximum atomic E-state index is 12.6. The molecule has 2 rings (SSSR count). The van der Waals surface area contributed by atoms with Crippen LogP contribution in [0.2, 0.25) is 0 Å². The van der Waals surface area contributed by atoms with Crippen LogP contribution in [0.5, 0.6) is 5.88 Å². The summed E-state index contributed by atoms with van der Waals surface area (Å²) < 4.78 is 42.6. The second-order valence-corrected chi connectivity index (χ2v) is 5.85. The van der Waals surface area contributed by atoms with E-state index < -0.39 is 18.2 Å². The fourth-order valence-electron chi connectivity index (χ4n) is 2.32. The summed E-state index contributed by atoms with van der Waals surface area (Å²) >= 11 is 0. The lowest BCUT2D eigenvalue weighted by molar-refractivity contribution is -0.190. The van der Waals surface area contributed by atoms with Crippen LogP contribution in [-0.2, 0) is 0 Å². The Kier molecular flexibility index (Phi) is 5.13. The van der Waals surface area contributed by atoms with Crippen LogP contribution in [0.4, 0.5) is 13.2 Å². The molecule has 0 spiro atoms.